The lowest BCUT2D eigenvalue weighted by Gasteiger charge is -2.24. The highest BCUT2D eigenvalue weighted by Crippen LogP contribution is 2.33. The number of anilines is 1. The molecule has 1 aromatic carbocycles. The van der Waals surface area contributed by atoms with Crippen LogP contribution in [0.4, 0.5) is 5.82 Å². The second-order valence-electron chi connectivity index (χ2n) is 10.9. The molecule has 1 saturated heterocycles. The number of carbonyl (C=O) groups is 1. The van der Waals surface area contributed by atoms with Crippen LogP contribution in [-0.2, 0) is 28.9 Å². The molecule has 196 valence electrons. The second-order valence-corrected chi connectivity index (χ2v) is 10.9. The van der Waals surface area contributed by atoms with Gasteiger partial charge in [-0.15, -0.1) is 0 Å². The van der Waals surface area contributed by atoms with Crippen molar-refractivity contribution in [3.8, 4) is 0 Å². The highest BCUT2D eigenvalue weighted by molar-refractivity contribution is 5.87. The van der Waals surface area contributed by atoms with Crippen LogP contribution in [-0.4, -0.2) is 63.1 Å². The summed E-state index contributed by atoms with van der Waals surface area (Å²) in [6, 6.07) is 9.57. The number of pyridine rings is 1. The zero-order valence-corrected chi connectivity index (χ0v) is 21.4. The number of nitrogens with zero attached hydrogens (tertiary/aromatic N) is 4. The Labute approximate surface area is 218 Å². The number of nitrogens with one attached hydrogen (secondary N) is 1. The van der Waals surface area contributed by atoms with Gasteiger partial charge in [-0.2, -0.15) is 5.10 Å². The Morgan fingerprint density at radius 2 is 2.11 bits per heavy atom. The zero-order chi connectivity index (χ0) is 25.2. The van der Waals surface area contributed by atoms with Gasteiger partial charge in [0.2, 0.25) is 0 Å². The van der Waals surface area contributed by atoms with E-state index < -0.39 is 12.0 Å². The van der Waals surface area contributed by atoms with Crippen molar-refractivity contribution in [1.82, 2.24) is 19.7 Å². The van der Waals surface area contributed by atoms with Crippen molar-refractivity contribution in [2.24, 2.45) is 5.92 Å². The minimum Gasteiger partial charge on any atom is -0.480 e. The lowest BCUT2D eigenvalue weighted by molar-refractivity contribution is -0.143. The summed E-state index contributed by atoms with van der Waals surface area (Å²) >= 11 is 0. The van der Waals surface area contributed by atoms with Crippen LogP contribution >= 0.6 is 0 Å². The number of hydrogen-bond acceptors (Lipinski definition) is 6. The zero-order valence-electron chi connectivity index (χ0n) is 21.4. The first-order chi connectivity index (χ1) is 18.1. The van der Waals surface area contributed by atoms with Crippen molar-refractivity contribution in [2.45, 2.75) is 70.1 Å². The number of aromatic nitrogens is 3. The molecule has 8 heteroatoms. The Morgan fingerprint density at radius 3 is 2.97 bits per heavy atom. The van der Waals surface area contributed by atoms with Gasteiger partial charge < -0.3 is 15.2 Å². The minimum atomic E-state index is -0.822. The molecular weight excluding hydrogens is 466 g/mol. The fourth-order valence-electron chi connectivity index (χ4n) is 5.77. The van der Waals surface area contributed by atoms with E-state index in [2.05, 4.69) is 23.6 Å². The predicted molar refractivity (Wildman–Crippen MR) is 143 cm³/mol. The summed E-state index contributed by atoms with van der Waals surface area (Å²) in [5.74, 6) is 0.956. The van der Waals surface area contributed by atoms with E-state index in [-0.39, 0.29) is 6.10 Å². The van der Waals surface area contributed by atoms with Gasteiger partial charge in [-0.1, -0.05) is 24.3 Å². The summed E-state index contributed by atoms with van der Waals surface area (Å²) in [5.41, 5.74) is 4.06. The molecule has 2 N–H and O–H groups in total. The van der Waals surface area contributed by atoms with Crippen molar-refractivity contribution in [3.63, 3.8) is 0 Å². The summed E-state index contributed by atoms with van der Waals surface area (Å²) in [6.07, 6.45) is 10.8. The second kappa shape index (κ2) is 10.8. The van der Waals surface area contributed by atoms with E-state index in [1.807, 2.05) is 27.8 Å². The molecule has 1 unspecified atom stereocenters. The van der Waals surface area contributed by atoms with Gasteiger partial charge in [0.1, 0.15) is 11.9 Å². The van der Waals surface area contributed by atoms with Gasteiger partial charge in [-0.25, -0.2) is 4.98 Å². The number of likely N-dealkylation sites (tertiary alicyclic amines) is 1. The summed E-state index contributed by atoms with van der Waals surface area (Å²) in [6.45, 7) is 3.98. The number of ether oxygens (including phenoxy) is 1. The predicted octanol–water partition coefficient (Wildman–Crippen LogP) is 4.44. The molecule has 3 aliphatic rings. The number of aliphatic carboxylic acids is 1. The summed E-state index contributed by atoms with van der Waals surface area (Å²) in [7, 11) is 0. The van der Waals surface area contributed by atoms with Crippen molar-refractivity contribution >= 4 is 22.7 Å². The van der Waals surface area contributed by atoms with E-state index in [9.17, 15) is 9.90 Å². The molecule has 2 atom stereocenters. The molecule has 1 aliphatic carbocycles. The number of hydrogen-bond donors (Lipinski definition) is 2. The third-order valence-corrected chi connectivity index (χ3v) is 7.96. The van der Waals surface area contributed by atoms with Gasteiger partial charge in [0.25, 0.3) is 0 Å². The summed E-state index contributed by atoms with van der Waals surface area (Å²) in [5, 5.41) is 19.4. The van der Waals surface area contributed by atoms with Crippen LogP contribution in [0.25, 0.3) is 10.9 Å². The minimum absolute atomic E-state index is 0.0690. The largest absolute Gasteiger partial charge is 0.480 e. The molecule has 3 aromatic rings. The van der Waals surface area contributed by atoms with E-state index in [1.54, 1.807) is 0 Å². The average Bonchev–Trinajstić information content (AvgIpc) is 3.42. The smallest absolute Gasteiger partial charge is 0.325 e. The van der Waals surface area contributed by atoms with E-state index in [0.717, 1.165) is 79.1 Å². The number of benzene rings is 1. The van der Waals surface area contributed by atoms with Gasteiger partial charge >= 0.3 is 5.97 Å². The normalized spacial score (nSPS) is 20.6. The number of carboxylic acid groups (broad SMARTS) is 1. The first kappa shape index (κ1) is 24.4. The number of rotatable bonds is 11. The molecule has 2 aliphatic heterocycles. The molecule has 37 heavy (non-hydrogen) atoms. The molecule has 2 fully saturated rings. The molecule has 4 heterocycles. The quantitative estimate of drug-likeness (QED) is 0.374. The van der Waals surface area contributed by atoms with E-state index in [0.29, 0.717) is 19.7 Å². The van der Waals surface area contributed by atoms with Crippen molar-refractivity contribution in [3.05, 3.63) is 53.3 Å². The maximum Gasteiger partial charge on any atom is 0.325 e. The average molecular weight is 504 g/mol. The first-order valence-corrected chi connectivity index (χ1v) is 13.9. The maximum absolute atomic E-state index is 12.4. The Bertz CT molecular complexity index is 1250. The molecule has 1 saturated carbocycles. The Morgan fingerprint density at radius 1 is 1.19 bits per heavy atom. The topological polar surface area (TPSA) is 92.5 Å². The van der Waals surface area contributed by atoms with Gasteiger partial charge in [-0.3, -0.25) is 14.4 Å². The molecule has 0 radical (unpaired) electrons. The van der Waals surface area contributed by atoms with Gasteiger partial charge in [0.05, 0.1) is 11.6 Å². The Hall–Kier alpha value is -2.97. The van der Waals surface area contributed by atoms with E-state index in [4.69, 9.17) is 14.8 Å². The van der Waals surface area contributed by atoms with E-state index >= 15 is 0 Å². The van der Waals surface area contributed by atoms with Crippen molar-refractivity contribution in [2.75, 3.05) is 31.6 Å². The molecule has 2 aromatic heterocycles. The number of aryl methyl sites for hydroxylation is 2. The SMILES string of the molecule is O=C(O)C(c1cccc2cn(CC3CC3)nc12)N1CC[C@@H](OCCCCc2ccc3c(n2)NCCC3)C1. The number of carboxylic acids is 1. The molecule has 6 rings (SSSR count). The highest BCUT2D eigenvalue weighted by Gasteiger charge is 2.35. The maximum atomic E-state index is 12.4. The molecule has 8 nitrogen and oxygen atoms in total. The Kier molecular flexibility index (Phi) is 7.11. The summed E-state index contributed by atoms with van der Waals surface area (Å²) in [4.78, 5) is 19.3. The van der Waals surface area contributed by atoms with E-state index in [1.165, 1.54) is 24.8 Å². The van der Waals surface area contributed by atoms with Crippen LogP contribution in [0.2, 0.25) is 0 Å². The third-order valence-electron chi connectivity index (χ3n) is 7.96. The van der Waals surface area contributed by atoms with Crippen LogP contribution in [0.5, 0.6) is 0 Å². The molecule has 0 bridgehead atoms. The highest BCUT2D eigenvalue weighted by atomic mass is 16.5. The standard InChI is InChI=1S/C29H37N5O3/c35-29(36)27(25-8-3-5-22-18-34(32-26(22)25)17-20-9-10-20)33-15-13-24(19-33)37-16-2-1-7-23-12-11-21-6-4-14-30-28(21)31-23/h3,5,8,11-12,18,20,24,27H,1-2,4,6-7,9-10,13-17,19H2,(H,30,31)(H,35,36)/t24-,27?/m1/s1. The first-order valence-electron chi connectivity index (χ1n) is 13.9. The summed E-state index contributed by atoms with van der Waals surface area (Å²) < 4.78 is 8.18. The lowest BCUT2D eigenvalue weighted by atomic mass is 10.0. The third kappa shape index (κ3) is 5.65. The van der Waals surface area contributed by atoms with Crippen LogP contribution < -0.4 is 5.32 Å². The van der Waals surface area contributed by atoms with Crippen molar-refractivity contribution in [1.29, 1.82) is 0 Å². The van der Waals surface area contributed by atoms with Crippen LogP contribution in [0, 0.1) is 5.92 Å². The fourth-order valence-corrected chi connectivity index (χ4v) is 5.77. The molecule has 0 amide bonds. The monoisotopic (exact) mass is 503 g/mol. The number of unbranched alkanes of at least 4 members (excludes halogenated alkanes) is 1. The molecule has 0 spiro atoms. The van der Waals surface area contributed by atoms with Gasteiger partial charge in [-0.05, 0) is 68.9 Å². The Balaban J connectivity index is 1.01. The van der Waals surface area contributed by atoms with Crippen LogP contribution in [0.3, 0.4) is 0 Å². The van der Waals surface area contributed by atoms with Crippen LogP contribution in [0.1, 0.15) is 61.4 Å². The lowest BCUT2D eigenvalue weighted by Crippen LogP contribution is -2.33. The molecular formula is C29H37N5O3. The number of fused-ring (bicyclic) bond motifs is 2. The van der Waals surface area contributed by atoms with Gasteiger partial charge in [0.15, 0.2) is 0 Å². The van der Waals surface area contributed by atoms with Gasteiger partial charge in [0, 0.05) is 55.6 Å². The fraction of sp³-hybridized carbons (Fsp3) is 0.552. The van der Waals surface area contributed by atoms with Crippen molar-refractivity contribution < 1.29 is 14.6 Å². The van der Waals surface area contributed by atoms with Crippen LogP contribution in [0.15, 0.2) is 36.5 Å².